The van der Waals surface area contributed by atoms with Crippen LogP contribution < -0.4 is 16.0 Å². The Labute approximate surface area is 210 Å². The van der Waals surface area contributed by atoms with Gasteiger partial charge in [-0.05, 0) is 62.4 Å². The van der Waals surface area contributed by atoms with E-state index in [1.54, 1.807) is 6.92 Å². The summed E-state index contributed by atoms with van der Waals surface area (Å²) in [7, 11) is 0. The van der Waals surface area contributed by atoms with Crippen molar-refractivity contribution >= 4 is 18.0 Å². The van der Waals surface area contributed by atoms with Gasteiger partial charge in [-0.2, -0.15) is 13.2 Å². The number of hydrogen-bond donors (Lipinski definition) is 3. The van der Waals surface area contributed by atoms with E-state index in [0.717, 1.165) is 18.2 Å². The first kappa shape index (κ1) is 27.9. The predicted octanol–water partition coefficient (Wildman–Crippen LogP) is 4.92. The lowest BCUT2D eigenvalue weighted by molar-refractivity contribution is -0.138. The molecule has 2 aromatic rings. The van der Waals surface area contributed by atoms with E-state index in [9.17, 15) is 31.5 Å². The Hall–Kier alpha value is -3.70. The summed E-state index contributed by atoms with van der Waals surface area (Å²) in [5, 5.41) is 8.25. The van der Waals surface area contributed by atoms with E-state index in [-0.39, 0.29) is 35.8 Å². The zero-order valence-corrected chi connectivity index (χ0v) is 20.0. The second-order valence-corrected chi connectivity index (χ2v) is 8.46. The lowest BCUT2D eigenvalue weighted by atomic mass is 9.91. The van der Waals surface area contributed by atoms with Crippen LogP contribution in [0.3, 0.4) is 0 Å². The average Bonchev–Trinajstić information content (AvgIpc) is 2.85. The molecule has 0 heterocycles. The van der Waals surface area contributed by atoms with E-state index in [1.165, 1.54) is 18.2 Å². The molecule has 0 aromatic heterocycles. The van der Waals surface area contributed by atoms with Crippen molar-refractivity contribution in [2.75, 3.05) is 6.61 Å². The number of nitrogens with zero attached hydrogens (tertiary/aromatic N) is 1. The first-order valence-electron chi connectivity index (χ1n) is 11.7. The minimum Gasteiger partial charge on any atom is -0.450 e. The van der Waals surface area contributed by atoms with Crippen LogP contribution in [0.1, 0.15) is 54.1 Å². The Morgan fingerprint density at radius 3 is 2.24 bits per heavy atom. The second kappa shape index (κ2) is 12.5. The molecule has 7 nitrogen and oxygen atoms in total. The molecule has 1 fully saturated rings. The third-order valence-corrected chi connectivity index (χ3v) is 5.81. The number of ether oxygens (including phenoxy) is 1. The molecule has 2 aromatic carbocycles. The van der Waals surface area contributed by atoms with Crippen LogP contribution in [0, 0.1) is 11.6 Å². The quantitative estimate of drug-likeness (QED) is 0.283. The van der Waals surface area contributed by atoms with Crippen LogP contribution in [-0.2, 0) is 17.5 Å². The standard InChI is InChI=1S/C25H27F5N4O3/c1-2-37-24(36)33-18-10-8-17(9-11-18)32-23(34-22(35)15-7-12-20(26)21(27)13-15)31-14-16-5-3-4-6-19(16)25(28,29)30/h3-7,12-13,17-18H,2,8-11,14H2,1H3,(H,33,36)(H2,31,32,34,35). The van der Waals surface area contributed by atoms with Gasteiger partial charge in [0.1, 0.15) is 0 Å². The van der Waals surface area contributed by atoms with Crippen LogP contribution in [0.25, 0.3) is 0 Å². The van der Waals surface area contributed by atoms with Crippen molar-refractivity contribution in [1.82, 2.24) is 16.0 Å². The van der Waals surface area contributed by atoms with Gasteiger partial charge in [-0.25, -0.2) is 18.6 Å². The van der Waals surface area contributed by atoms with Crippen LogP contribution in [-0.4, -0.2) is 36.7 Å². The van der Waals surface area contributed by atoms with Gasteiger partial charge in [0.25, 0.3) is 5.91 Å². The number of carbonyl (C=O) groups is 2. The average molecular weight is 527 g/mol. The van der Waals surface area contributed by atoms with Crippen molar-refractivity contribution in [3.63, 3.8) is 0 Å². The van der Waals surface area contributed by atoms with Gasteiger partial charge in [-0.1, -0.05) is 18.2 Å². The third kappa shape index (κ3) is 8.16. The molecule has 2 amide bonds. The van der Waals surface area contributed by atoms with E-state index >= 15 is 0 Å². The highest BCUT2D eigenvalue weighted by Crippen LogP contribution is 2.32. The van der Waals surface area contributed by atoms with Gasteiger partial charge in [0.15, 0.2) is 17.6 Å². The number of benzene rings is 2. The highest BCUT2D eigenvalue weighted by Gasteiger charge is 2.33. The van der Waals surface area contributed by atoms with Gasteiger partial charge >= 0.3 is 12.3 Å². The minimum absolute atomic E-state index is 0.0984. The summed E-state index contributed by atoms with van der Waals surface area (Å²) >= 11 is 0. The lowest BCUT2D eigenvalue weighted by Gasteiger charge is -2.30. The maximum atomic E-state index is 13.6. The molecule has 0 atom stereocenters. The number of carbonyl (C=O) groups excluding carboxylic acids is 2. The summed E-state index contributed by atoms with van der Waals surface area (Å²) in [5.74, 6) is -3.26. The van der Waals surface area contributed by atoms with Crippen LogP contribution in [0.15, 0.2) is 47.5 Å². The molecule has 0 radical (unpaired) electrons. The van der Waals surface area contributed by atoms with Gasteiger partial charge in [0.05, 0.1) is 18.7 Å². The normalized spacial score (nSPS) is 18.2. The number of nitrogens with one attached hydrogen (secondary N) is 3. The van der Waals surface area contributed by atoms with Gasteiger partial charge in [-0.15, -0.1) is 0 Å². The van der Waals surface area contributed by atoms with Crippen LogP contribution in [0.4, 0.5) is 26.7 Å². The minimum atomic E-state index is -4.58. The Morgan fingerprint density at radius 1 is 0.973 bits per heavy atom. The highest BCUT2D eigenvalue weighted by molar-refractivity contribution is 6.05. The zero-order chi connectivity index (χ0) is 27.0. The van der Waals surface area contributed by atoms with Crippen molar-refractivity contribution in [3.05, 3.63) is 70.8 Å². The summed E-state index contributed by atoms with van der Waals surface area (Å²) in [6.45, 7) is 1.55. The van der Waals surface area contributed by atoms with Gasteiger partial charge < -0.3 is 15.4 Å². The highest BCUT2D eigenvalue weighted by atomic mass is 19.4. The van der Waals surface area contributed by atoms with Gasteiger partial charge in [-0.3, -0.25) is 10.1 Å². The molecule has 1 aliphatic carbocycles. The van der Waals surface area contributed by atoms with Crippen LogP contribution >= 0.6 is 0 Å². The molecule has 200 valence electrons. The maximum absolute atomic E-state index is 13.6. The number of alkyl carbamates (subject to hydrolysis) is 1. The van der Waals surface area contributed by atoms with E-state index in [4.69, 9.17) is 4.74 Å². The summed E-state index contributed by atoms with van der Waals surface area (Å²) in [4.78, 5) is 28.5. The monoisotopic (exact) mass is 526 g/mol. The van der Waals surface area contributed by atoms with E-state index in [1.807, 2.05) is 0 Å². The fraction of sp³-hybridized carbons (Fsp3) is 0.400. The molecular formula is C25H27F5N4O3. The van der Waals surface area contributed by atoms with Crippen molar-refractivity contribution in [2.45, 2.75) is 57.4 Å². The lowest BCUT2D eigenvalue weighted by Crippen LogP contribution is -2.49. The van der Waals surface area contributed by atoms with Crippen LogP contribution in [0.2, 0.25) is 0 Å². The summed E-state index contributed by atoms with van der Waals surface area (Å²) < 4.78 is 71.9. The fourth-order valence-corrected chi connectivity index (χ4v) is 3.95. The second-order valence-electron chi connectivity index (χ2n) is 8.46. The van der Waals surface area contributed by atoms with Crippen molar-refractivity contribution in [2.24, 2.45) is 4.99 Å². The number of aliphatic imine (C=N–C) groups is 1. The summed E-state index contributed by atoms with van der Waals surface area (Å²) in [5.41, 5.74) is -1.14. The number of halogens is 5. The smallest absolute Gasteiger partial charge is 0.416 e. The Bertz CT molecular complexity index is 1130. The first-order chi connectivity index (χ1) is 17.6. The fourth-order valence-electron chi connectivity index (χ4n) is 3.95. The molecule has 0 bridgehead atoms. The summed E-state index contributed by atoms with van der Waals surface area (Å²) in [6.07, 6.45) is -2.77. The molecule has 0 spiro atoms. The van der Waals surface area contributed by atoms with Crippen molar-refractivity contribution in [3.8, 4) is 0 Å². The molecule has 3 rings (SSSR count). The largest absolute Gasteiger partial charge is 0.450 e. The summed E-state index contributed by atoms with van der Waals surface area (Å²) in [6, 6.07) is 7.22. The number of rotatable bonds is 6. The van der Waals surface area contributed by atoms with Crippen molar-refractivity contribution in [1.29, 1.82) is 0 Å². The number of hydrogen-bond acceptors (Lipinski definition) is 4. The molecule has 0 unspecified atom stereocenters. The number of guanidine groups is 1. The Kier molecular flexibility index (Phi) is 9.42. The number of alkyl halides is 3. The van der Waals surface area contributed by atoms with Gasteiger partial charge in [0, 0.05) is 17.6 Å². The Morgan fingerprint density at radius 2 is 1.62 bits per heavy atom. The molecule has 1 saturated carbocycles. The zero-order valence-electron chi connectivity index (χ0n) is 20.0. The SMILES string of the molecule is CCOC(=O)NC1CCC(NC(=NCc2ccccc2C(F)(F)F)NC(=O)c2ccc(F)c(F)c2)CC1. The molecule has 0 saturated heterocycles. The Balaban J connectivity index is 1.74. The predicted molar refractivity (Wildman–Crippen MR) is 126 cm³/mol. The van der Waals surface area contributed by atoms with E-state index in [2.05, 4.69) is 20.9 Å². The third-order valence-electron chi connectivity index (χ3n) is 5.81. The molecule has 1 aliphatic rings. The number of amides is 2. The molecular weight excluding hydrogens is 499 g/mol. The molecule has 12 heteroatoms. The molecule has 3 N–H and O–H groups in total. The van der Waals surface area contributed by atoms with Crippen LogP contribution in [0.5, 0.6) is 0 Å². The van der Waals surface area contributed by atoms with Gasteiger partial charge in [0.2, 0.25) is 0 Å². The van der Waals surface area contributed by atoms with Crippen molar-refractivity contribution < 1.29 is 36.3 Å². The molecule has 37 heavy (non-hydrogen) atoms. The maximum Gasteiger partial charge on any atom is 0.416 e. The topological polar surface area (TPSA) is 91.8 Å². The first-order valence-corrected chi connectivity index (χ1v) is 11.7. The van der Waals surface area contributed by atoms with E-state index < -0.39 is 41.9 Å². The molecule has 0 aliphatic heterocycles. The van der Waals surface area contributed by atoms with E-state index in [0.29, 0.717) is 31.7 Å².